The van der Waals surface area contributed by atoms with Gasteiger partial charge in [0.15, 0.2) is 4.34 Å². The molecule has 0 amide bonds. The summed E-state index contributed by atoms with van der Waals surface area (Å²) in [5.41, 5.74) is 1.31. The zero-order chi connectivity index (χ0) is 14.7. The summed E-state index contributed by atoms with van der Waals surface area (Å²) in [5, 5.41) is 15.2. The van der Waals surface area contributed by atoms with Gasteiger partial charge in [0, 0.05) is 11.8 Å². The summed E-state index contributed by atoms with van der Waals surface area (Å²) in [5.74, 6) is 0.948. The number of thioether (sulfide) groups is 1. The first kappa shape index (κ1) is 14.5. The molecule has 0 saturated heterocycles. The molecule has 2 aromatic carbocycles. The van der Waals surface area contributed by atoms with Crippen LogP contribution in [-0.4, -0.2) is 23.0 Å². The third-order valence-corrected chi connectivity index (χ3v) is 5.47. The quantitative estimate of drug-likeness (QED) is 0.721. The Hall–Kier alpha value is -1.43. The number of hydrogen-bond donors (Lipinski definition) is 1. The van der Waals surface area contributed by atoms with E-state index in [1.807, 2.05) is 14.0 Å². The lowest BCUT2D eigenvalue weighted by molar-refractivity contribution is 0.662. The van der Waals surface area contributed by atoms with Crippen molar-refractivity contribution in [2.24, 2.45) is 0 Å². The molecule has 0 aliphatic heterocycles. The molecule has 0 spiro atoms. The maximum atomic E-state index is 4.17. The molecule has 3 aromatic rings. The van der Waals surface area contributed by atoms with E-state index in [1.54, 1.807) is 23.1 Å². The lowest BCUT2D eigenvalue weighted by atomic mass is 10.0. The molecule has 0 saturated carbocycles. The molecule has 0 aliphatic rings. The number of rotatable bonds is 5. The van der Waals surface area contributed by atoms with E-state index >= 15 is 0 Å². The Morgan fingerprint density at radius 1 is 1.14 bits per heavy atom. The Bertz CT molecular complexity index is 739. The van der Waals surface area contributed by atoms with Crippen LogP contribution in [0.2, 0.25) is 0 Å². The highest BCUT2D eigenvalue weighted by Crippen LogP contribution is 2.28. The zero-order valence-corrected chi connectivity index (χ0v) is 13.7. The van der Waals surface area contributed by atoms with Gasteiger partial charge in [0.1, 0.15) is 5.01 Å². The summed E-state index contributed by atoms with van der Waals surface area (Å²) in [7, 11) is 2.01. The highest BCUT2D eigenvalue weighted by molar-refractivity contribution is 8.01. The summed E-state index contributed by atoms with van der Waals surface area (Å²) >= 11 is 3.41. The first-order valence-corrected chi connectivity index (χ1v) is 8.65. The number of aromatic nitrogens is 2. The lowest BCUT2D eigenvalue weighted by Crippen LogP contribution is -2.18. The third kappa shape index (κ3) is 3.43. The molecule has 1 atom stereocenters. The second kappa shape index (κ2) is 6.56. The normalized spacial score (nSPS) is 12.7. The van der Waals surface area contributed by atoms with E-state index in [1.165, 1.54) is 16.3 Å². The smallest absolute Gasteiger partial charge is 0.174 e. The van der Waals surface area contributed by atoms with Gasteiger partial charge in [0.05, 0.1) is 0 Å². The van der Waals surface area contributed by atoms with Crippen LogP contribution in [0.15, 0.2) is 46.8 Å². The van der Waals surface area contributed by atoms with Crippen molar-refractivity contribution in [2.45, 2.75) is 17.3 Å². The minimum atomic E-state index is 0.309. The van der Waals surface area contributed by atoms with Crippen molar-refractivity contribution in [1.82, 2.24) is 15.5 Å². The van der Waals surface area contributed by atoms with Crippen LogP contribution in [0.3, 0.4) is 0 Å². The molecular formula is C16H17N3S2. The first-order chi connectivity index (χ1) is 10.3. The standard InChI is InChI=1S/C16H17N3S2/c1-11-18-19-16(21-11)20-10-15(17-2)14-8-7-12-5-3-4-6-13(12)9-14/h3-9,15,17H,10H2,1-2H3. The van der Waals surface area contributed by atoms with Crippen molar-refractivity contribution in [3.8, 4) is 0 Å². The average Bonchev–Trinajstić information content (AvgIpc) is 2.93. The topological polar surface area (TPSA) is 37.8 Å². The number of aryl methyl sites for hydroxylation is 1. The van der Waals surface area contributed by atoms with Crippen LogP contribution in [0.1, 0.15) is 16.6 Å². The number of benzene rings is 2. The van der Waals surface area contributed by atoms with Gasteiger partial charge < -0.3 is 5.32 Å². The van der Waals surface area contributed by atoms with Crippen molar-refractivity contribution < 1.29 is 0 Å². The number of hydrogen-bond acceptors (Lipinski definition) is 5. The minimum absolute atomic E-state index is 0.309. The van der Waals surface area contributed by atoms with E-state index in [-0.39, 0.29) is 0 Å². The lowest BCUT2D eigenvalue weighted by Gasteiger charge is -2.16. The second-order valence-electron chi connectivity index (χ2n) is 4.85. The van der Waals surface area contributed by atoms with Crippen molar-refractivity contribution in [3.05, 3.63) is 53.0 Å². The molecular weight excluding hydrogens is 298 g/mol. The van der Waals surface area contributed by atoms with Gasteiger partial charge >= 0.3 is 0 Å². The van der Waals surface area contributed by atoms with E-state index in [0.717, 1.165) is 15.1 Å². The SMILES string of the molecule is CNC(CSc1nnc(C)s1)c1ccc2ccccc2c1. The molecule has 0 fully saturated rings. The molecule has 1 aromatic heterocycles. The van der Waals surface area contributed by atoms with Crippen LogP contribution in [0.4, 0.5) is 0 Å². The Balaban J connectivity index is 1.77. The summed E-state index contributed by atoms with van der Waals surface area (Å²) in [6, 6.07) is 15.4. The first-order valence-electron chi connectivity index (χ1n) is 6.85. The van der Waals surface area contributed by atoms with E-state index in [4.69, 9.17) is 0 Å². The summed E-state index contributed by atoms with van der Waals surface area (Å²) in [4.78, 5) is 0. The van der Waals surface area contributed by atoms with Crippen molar-refractivity contribution in [1.29, 1.82) is 0 Å². The van der Waals surface area contributed by atoms with Gasteiger partial charge in [-0.25, -0.2) is 0 Å². The van der Waals surface area contributed by atoms with Crippen LogP contribution >= 0.6 is 23.1 Å². The zero-order valence-electron chi connectivity index (χ0n) is 12.0. The van der Waals surface area contributed by atoms with Gasteiger partial charge in [0.2, 0.25) is 0 Å². The van der Waals surface area contributed by atoms with Crippen LogP contribution in [-0.2, 0) is 0 Å². The van der Waals surface area contributed by atoms with E-state index in [0.29, 0.717) is 6.04 Å². The van der Waals surface area contributed by atoms with E-state index in [9.17, 15) is 0 Å². The van der Waals surface area contributed by atoms with E-state index < -0.39 is 0 Å². The van der Waals surface area contributed by atoms with Crippen molar-refractivity contribution >= 4 is 33.9 Å². The van der Waals surface area contributed by atoms with Crippen molar-refractivity contribution in [2.75, 3.05) is 12.8 Å². The average molecular weight is 315 g/mol. The van der Waals surface area contributed by atoms with Gasteiger partial charge in [-0.3, -0.25) is 0 Å². The second-order valence-corrected chi connectivity index (χ2v) is 7.29. The van der Waals surface area contributed by atoms with Crippen molar-refractivity contribution in [3.63, 3.8) is 0 Å². The number of fused-ring (bicyclic) bond motifs is 1. The Morgan fingerprint density at radius 3 is 2.67 bits per heavy atom. The molecule has 1 heterocycles. The Labute approximate surface area is 132 Å². The monoisotopic (exact) mass is 315 g/mol. The highest BCUT2D eigenvalue weighted by Gasteiger charge is 2.12. The maximum absolute atomic E-state index is 4.17. The van der Waals surface area contributed by atoms with E-state index in [2.05, 4.69) is 58.0 Å². The van der Waals surface area contributed by atoms with Gasteiger partial charge in [-0.2, -0.15) is 0 Å². The van der Waals surface area contributed by atoms with Gasteiger partial charge in [-0.15, -0.1) is 10.2 Å². The largest absolute Gasteiger partial charge is 0.312 e. The maximum Gasteiger partial charge on any atom is 0.174 e. The predicted octanol–water partition coefficient (Wildman–Crippen LogP) is 4.05. The van der Waals surface area contributed by atoms with Crippen LogP contribution < -0.4 is 5.32 Å². The predicted molar refractivity (Wildman–Crippen MR) is 91.1 cm³/mol. The molecule has 21 heavy (non-hydrogen) atoms. The fourth-order valence-corrected chi connectivity index (χ4v) is 4.25. The van der Waals surface area contributed by atoms with Crippen LogP contribution in [0, 0.1) is 6.92 Å². The Morgan fingerprint density at radius 2 is 1.95 bits per heavy atom. The van der Waals surface area contributed by atoms with Gasteiger partial charge in [-0.1, -0.05) is 59.5 Å². The highest BCUT2D eigenvalue weighted by atomic mass is 32.2. The fourth-order valence-electron chi connectivity index (χ4n) is 2.26. The van der Waals surface area contributed by atoms with Crippen LogP contribution in [0.5, 0.6) is 0 Å². The molecule has 1 N–H and O–H groups in total. The third-order valence-electron chi connectivity index (χ3n) is 3.41. The molecule has 1 unspecified atom stereocenters. The molecule has 3 rings (SSSR count). The summed E-state index contributed by atoms with van der Waals surface area (Å²) < 4.78 is 1.04. The summed E-state index contributed by atoms with van der Waals surface area (Å²) in [6.45, 7) is 1.99. The Kier molecular flexibility index (Phi) is 4.53. The summed E-state index contributed by atoms with van der Waals surface area (Å²) in [6.07, 6.45) is 0. The molecule has 0 bridgehead atoms. The fraction of sp³-hybridized carbons (Fsp3) is 0.250. The molecule has 108 valence electrons. The minimum Gasteiger partial charge on any atom is -0.312 e. The molecule has 3 nitrogen and oxygen atoms in total. The van der Waals surface area contributed by atoms with Gasteiger partial charge in [-0.05, 0) is 36.4 Å². The number of nitrogens with one attached hydrogen (secondary N) is 1. The van der Waals surface area contributed by atoms with Gasteiger partial charge in [0.25, 0.3) is 0 Å². The van der Waals surface area contributed by atoms with Crippen LogP contribution in [0.25, 0.3) is 10.8 Å². The molecule has 0 radical (unpaired) electrons. The molecule has 0 aliphatic carbocycles. The molecule has 5 heteroatoms. The number of nitrogens with zero attached hydrogens (tertiary/aromatic N) is 2.